The Bertz CT molecular complexity index is 89.0. The van der Waals surface area contributed by atoms with Crippen molar-refractivity contribution in [3.05, 3.63) is 12.7 Å². The second-order valence-corrected chi connectivity index (χ2v) is 2.20. The van der Waals surface area contributed by atoms with Crippen LogP contribution in [0, 0.1) is 0 Å². The van der Waals surface area contributed by atoms with Crippen LogP contribution in [0.5, 0.6) is 0 Å². The molecule has 0 aromatic rings. The molecule has 0 aliphatic rings. The first-order valence-electron chi connectivity index (χ1n) is 2.74. The zero-order valence-electron chi connectivity index (χ0n) is 5.59. The molecule has 0 aromatic carbocycles. The Morgan fingerprint density at radius 1 is 1.60 bits per heavy atom. The van der Waals surface area contributed by atoms with Crippen molar-refractivity contribution >= 4 is 22.1 Å². The standard InChI is InChI=1S/C5H9Br.CH2O3/c1-2-3-4-5-6;2-1(3)4/h2H,1,3-5H2;(H2,2,3,4). The molecule has 0 spiro atoms. The average molecular weight is 211 g/mol. The van der Waals surface area contributed by atoms with Gasteiger partial charge >= 0.3 is 6.16 Å². The largest absolute Gasteiger partial charge is 0.503 e. The summed E-state index contributed by atoms with van der Waals surface area (Å²) in [7, 11) is 0. The number of hydrogen-bond donors (Lipinski definition) is 2. The summed E-state index contributed by atoms with van der Waals surface area (Å²) < 4.78 is 0. The summed E-state index contributed by atoms with van der Waals surface area (Å²) in [6, 6.07) is 0. The van der Waals surface area contributed by atoms with Crippen molar-refractivity contribution in [3.63, 3.8) is 0 Å². The maximum atomic E-state index is 8.56. The fourth-order valence-corrected chi connectivity index (χ4v) is 0.545. The van der Waals surface area contributed by atoms with Gasteiger partial charge in [0.05, 0.1) is 0 Å². The number of carbonyl (C=O) groups is 1. The van der Waals surface area contributed by atoms with E-state index in [4.69, 9.17) is 15.0 Å². The SMILES string of the molecule is C=CCCCBr.O=C(O)O. The lowest BCUT2D eigenvalue weighted by molar-refractivity contribution is 0.137. The maximum absolute atomic E-state index is 8.56. The van der Waals surface area contributed by atoms with E-state index in [0.29, 0.717) is 0 Å². The highest BCUT2D eigenvalue weighted by Gasteiger charge is 1.72. The fraction of sp³-hybridized carbons (Fsp3) is 0.500. The molecule has 2 N–H and O–H groups in total. The molecule has 0 heterocycles. The van der Waals surface area contributed by atoms with Crippen LogP contribution in [0.3, 0.4) is 0 Å². The molecule has 0 amide bonds. The first-order valence-corrected chi connectivity index (χ1v) is 3.86. The number of unbranched alkanes of at least 4 members (excludes halogenated alkanes) is 1. The van der Waals surface area contributed by atoms with Crippen LogP contribution >= 0.6 is 15.9 Å². The van der Waals surface area contributed by atoms with Crippen molar-refractivity contribution in [2.75, 3.05) is 5.33 Å². The number of halogens is 1. The Labute approximate surface area is 68.5 Å². The van der Waals surface area contributed by atoms with E-state index < -0.39 is 6.16 Å². The summed E-state index contributed by atoms with van der Waals surface area (Å²) in [5.74, 6) is 0. The van der Waals surface area contributed by atoms with Crippen LogP contribution in [0.15, 0.2) is 12.7 Å². The van der Waals surface area contributed by atoms with Crippen LogP contribution in [-0.4, -0.2) is 21.7 Å². The molecule has 0 bridgehead atoms. The third kappa shape index (κ3) is 50.9. The summed E-state index contributed by atoms with van der Waals surface area (Å²) >= 11 is 3.30. The van der Waals surface area contributed by atoms with Crippen LogP contribution in [0.25, 0.3) is 0 Å². The van der Waals surface area contributed by atoms with E-state index in [2.05, 4.69) is 22.5 Å². The van der Waals surface area contributed by atoms with E-state index in [1.807, 2.05) is 6.08 Å². The average Bonchev–Trinajstić information content (AvgIpc) is 1.82. The molecule has 0 radical (unpaired) electrons. The van der Waals surface area contributed by atoms with Gasteiger partial charge in [0.2, 0.25) is 0 Å². The van der Waals surface area contributed by atoms with Crippen LogP contribution in [-0.2, 0) is 0 Å². The topological polar surface area (TPSA) is 57.5 Å². The molecule has 10 heavy (non-hydrogen) atoms. The molecule has 0 rings (SSSR count). The van der Waals surface area contributed by atoms with Gasteiger partial charge in [0, 0.05) is 5.33 Å². The molecule has 0 saturated carbocycles. The molecule has 0 aromatic heterocycles. The number of rotatable bonds is 3. The van der Waals surface area contributed by atoms with Crippen molar-refractivity contribution < 1.29 is 15.0 Å². The molecule has 0 aliphatic heterocycles. The summed E-state index contributed by atoms with van der Waals surface area (Å²) in [5.41, 5.74) is 0. The smallest absolute Gasteiger partial charge is 0.450 e. The number of alkyl halides is 1. The lowest BCUT2D eigenvalue weighted by Crippen LogP contribution is -1.81. The Hall–Kier alpha value is -0.510. The molecule has 0 aliphatic carbocycles. The molecular formula is C6H11BrO3. The summed E-state index contributed by atoms with van der Waals surface area (Å²) in [6.45, 7) is 3.58. The molecule has 0 fully saturated rings. The van der Waals surface area contributed by atoms with Crippen LogP contribution in [0.2, 0.25) is 0 Å². The van der Waals surface area contributed by atoms with Gasteiger partial charge in [0.25, 0.3) is 0 Å². The minimum Gasteiger partial charge on any atom is -0.450 e. The van der Waals surface area contributed by atoms with Gasteiger partial charge in [-0.05, 0) is 12.8 Å². The maximum Gasteiger partial charge on any atom is 0.503 e. The van der Waals surface area contributed by atoms with Crippen molar-refractivity contribution in [2.45, 2.75) is 12.8 Å². The molecular weight excluding hydrogens is 200 g/mol. The summed E-state index contributed by atoms with van der Waals surface area (Å²) in [6.07, 6.45) is 2.44. The van der Waals surface area contributed by atoms with Crippen molar-refractivity contribution in [1.82, 2.24) is 0 Å². The second kappa shape index (κ2) is 11.3. The zero-order chi connectivity index (χ0) is 8.41. The van der Waals surface area contributed by atoms with Crippen LogP contribution < -0.4 is 0 Å². The highest BCUT2D eigenvalue weighted by Crippen LogP contribution is 1.91. The van der Waals surface area contributed by atoms with E-state index in [1.165, 1.54) is 6.42 Å². The summed E-state index contributed by atoms with van der Waals surface area (Å²) in [4.78, 5) is 8.56. The fourth-order valence-electron chi connectivity index (χ4n) is 0.221. The Kier molecular flexibility index (Phi) is 13.8. The first kappa shape index (κ1) is 12.2. The van der Waals surface area contributed by atoms with Gasteiger partial charge in [0.15, 0.2) is 0 Å². The molecule has 3 nitrogen and oxygen atoms in total. The van der Waals surface area contributed by atoms with Crippen LogP contribution in [0.1, 0.15) is 12.8 Å². The van der Waals surface area contributed by atoms with Gasteiger partial charge in [-0.2, -0.15) is 0 Å². The van der Waals surface area contributed by atoms with Gasteiger partial charge < -0.3 is 10.2 Å². The van der Waals surface area contributed by atoms with E-state index in [0.717, 1.165) is 11.8 Å². The lowest BCUT2D eigenvalue weighted by Gasteiger charge is -1.80. The van der Waals surface area contributed by atoms with Gasteiger partial charge in [-0.15, -0.1) is 6.58 Å². The Morgan fingerprint density at radius 2 is 2.00 bits per heavy atom. The van der Waals surface area contributed by atoms with Gasteiger partial charge in [-0.1, -0.05) is 22.0 Å². The third-order valence-electron chi connectivity index (χ3n) is 0.542. The van der Waals surface area contributed by atoms with Gasteiger partial charge in [-0.3, -0.25) is 0 Å². The third-order valence-corrected chi connectivity index (χ3v) is 1.10. The number of carboxylic acid groups (broad SMARTS) is 2. The molecule has 0 saturated heterocycles. The van der Waals surface area contributed by atoms with Crippen molar-refractivity contribution in [1.29, 1.82) is 0 Å². The van der Waals surface area contributed by atoms with E-state index in [9.17, 15) is 0 Å². The molecule has 0 atom stereocenters. The quantitative estimate of drug-likeness (QED) is 0.428. The normalized spacial score (nSPS) is 7.30. The lowest BCUT2D eigenvalue weighted by atomic mass is 10.3. The number of hydrogen-bond acceptors (Lipinski definition) is 1. The Balaban J connectivity index is 0. The van der Waals surface area contributed by atoms with Gasteiger partial charge in [-0.25, -0.2) is 4.79 Å². The van der Waals surface area contributed by atoms with E-state index in [-0.39, 0.29) is 0 Å². The predicted octanol–water partition coefficient (Wildman–Crippen LogP) is 2.57. The zero-order valence-corrected chi connectivity index (χ0v) is 7.17. The molecule has 0 unspecified atom stereocenters. The van der Waals surface area contributed by atoms with E-state index in [1.54, 1.807) is 0 Å². The van der Waals surface area contributed by atoms with E-state index >= 15 is 0 Å². The van der Waals surface area contributed by atoms with Crippen molar-refractivity contribution in [3.8, 4) is 0 Å². The monoisotopic (exact) mass is 210 g/mol. The van der Waals surface area contributed by atoms with Gasteiger partial charge in [0.1, 0.15) is 0 Å². The first-order chi connectivity index (χ1) is 4.65. The highest BCUT2D eigenvalue weighted by molar-refractivity contribution is 9.09. The minimum absolute atomic E-state index is 1.10. The highest BCUT2D eigenvalue weighted by atomic mass is 79.9. The van der Waals surface area contributed by atoms with Crippen molar-refractivity contribution in [2.24, 2.45) is 0 Å². The molecule has 4 heteroatoms. The predicted molar refractivity (Wildman–Crippen MR) is 43.9 cm³/mol. The summed E-state index contributed by atoms with van der Waals surface area (Å²) in [5, 5.41) is 15.0. The number of allylic oxidation sites excluding steroid dienone is 1. The van der Waals surface area contributed by atoms with Crippen LogP contribution in [0.4, 0.5) is 4.79 Å². The minimum atomic E-state index is -1.83. The Morgan fingerprint density at radius 3 is 2.10 bits per heavy atom. The molecule has 60 valence electrons. The second-order valence-electron chi connectivity index (χ2n) is 1.40.